The summed E-state index contributed by atoms with van der Waals surface area (Å²) in [7, 11) is 0. The van der Waals surface area contributed by atoms with Gasteiger partial charge in [-0.15, -0.1) is 0 Å². The van der Waals surface area contributed by atoms with Gasteiger partial charge in [0.15, 0.2) is 0 Å². The molecule has 4 nitrogen and oxygen atoms in total. The molecule has 1 unspecified atom stereocenters. The number of amides is 1. The van der Waals surface area contributed by atoms with Crippen LogP contribution in [0.5, 0.6) is 0 Å². The van der Waals surface area contributed by atoms with Crippen molar-refractivity contribution in [3.8, 4) is 0 Å². The lowest BCUT2D eigenvalue weighted by atomic mass is 9.96. The van der Waals surface area contributed by atoms with E-state index < -0.39 is 5.95 Å². The molecule has 1 heterocycles. The van der Waals surface area contributed by atoms with Gasteiger partial charge in [-0.05, 0) is 37.4 Å². The van der Waals surface area contributed by atoms with Crippen LogP contribution in [0.2, 0.25) is 0 Å². The molecule has 0 saturated heterocycles. The molecule has 0 aliphatic heterocycles. The number of pyridine rings is 1. The summed E-state index contributed by atoms with van der Waals surface area (Å²) in [5.41, 5.74) is 5.50. The number of carbonyl (C=O) groups is 1. The molecule has 0 aliphatic rings. The molecule has 0 aromatic carbocycles. The average Bonchev–Trinajstić information content (AvgIpc) is 2.34. The first-order chi connectivity index (χ1) is 8.65. The highest BCUT2D eigenvalue weighted by atomic mass is 19.1. The predicted octanol–water partition coefficient (Wildman–Crippen LogP) is 2.31. The Morgan fingerprint density at radius 3 is 2.89 bits per heavy atom. The number of halogens is 1. The van der Waals surface area contributed by atoms with Gasteiger partial charge in [0, 0.05) is 6.42 Å². The largest absolute Gasteiger partial charge is 0.330 e. The van der Waals surface area contributed by atoms with E-state index in [4.69, 9.17) is 5.73 Å². The van der Waals surface area contributed by atoms with E-state index >= 15 is 0 Å². The summed E-state index contributed by atoms with van der Waals surface area (Å²) < 4.78 is 12.8. The van der Waals surface area contributed by atoms with Gasteiger partial charge in [-0.3, -0.25) is 4.79 Å². The van der Waals surface area contributed by atoms with Crippen molar-refractivity contribution >= 4 is 11.7 Å². The van der Waals surface area contributed by atoms with E-state index in [9.17, 15) is 9.18 Å². The normalized spacial score (nSPS) is 12.2. The molecule has 3 N–H and O–H groups in total. The Morgan fingerprint density at radius 2 is 2.28 bits per heavy atom. The fraction of sp³-hybridized carbons (Fsp3) is 0.538. The summed E-state index contributed by atoms with van der Waals surface area (Å²) >= 11 is 0. The lowest BCUT2D eigenvalue weighted by molar-refractivity contribution is -0.116. The van der Waals surface area contributed by atoms with E-state index in [1.807, 2.05) is 0 Å². The fourth-order valence-electron chi connectivity index (χ4n) is 1.81. The van der Waals surface area contributed by atoms with E-state index in [1.165, 1.54) is 12.1 Å². The summed E-state index contributed by atoms with van der Waals surface area (Å²) in [6.07, 6.45) is 3.16. The molecule has 5 heteroatoms. The molecule has 0 aliphatic carbocycles. The first-order valence-corrected chi connectivity index (χ1v) is 6.28. The number of aromatic nitrogens is 1. The number of hydrogen-bond donors (Lipinski definition) is 2. The third-order valence-corrected chi connectivity index (χ3v) is 2.91. The molecule has 1 aromatic heterocycles. The lowest BCUT2D eigenvalue weighted by Crippen LogP contribution is -2.15. The molecule has 1 atom stereocenters. The van der Waals surface area contributed by atoms with Crippen molar-refractivity contribution in [3.05, 3.63) is 24.1 Å². The summed E-state index contributed by atoms with van der Waals surface area (Å²) in [6.45, 7) is 2.73. The third-order valence-electron chi connectivity index (χ3n) is 2.91. The topological polar surface area (TPSA) is 68.0 Å². The number of nitrogens with one attached hydrogen (secondary N) is 1. The Bertz CT molecular complexity index is 384. The Hall–Kier alpha value is -1.49. The predicted molar refractivity (Wildman–Crippen MR) is 69.5 cm³/mol. The summed E-state index contributed by atoms with van der Waals surface area (Å²) in [6, 6.07) is 4.32. The van der Waals surface area contributed by atoms with E-state index in [2.05, 4.69) is 17.2 Å². The quantitative estimate of drug-likeness (QED) is 0.733. The van der Waals surface area contributed by atoms with E-state index in [-0.39, 0.29) is 11.7 Å². The summed E-state index contributed by atoms with van der Waals surface area (Å²) in [5.74, 6) is -0.000898. The second kappa shape index (κ2) is 7.76. The van der Waals surface area contributed by atoms with Gasteiger partial charge in [0.25, 0.3) is 0 Å². The molecular weight excluding hydrogens is 233 g/mol. The number of nitrogens with zero attached hydrogens (tertiary/aromatic N) is 1. The van der Waals surface area contributed by atoms with Crippen molar-refractivity contribution in [2.24, 2.45) is 11.7 Å². The zero-order valence-corrected chi connectivity index (χ0v) is 10.7. The van der Waals surface area contributed by atoms with E-state index in [0.29, 0.717) is 18.9 Å². The highest BCUT2D eigenvalue weighted by molar-refractivity contribution is 5.89. The van der Waals surface area contributed by atoms with Gasteiger partial charge in [-0.2, -0.15) is 4.39 Å². The Kier molecular flexibility index (Phi) is 6.28. The van der Waals surface area contributed by atoms with Crippen LogP contribution in [0.3, 0.4) is 0 Å². The summed E-state index contributed by atoms with van der Waals surface area (Å²) in [4.78, 5) is 15.2. The zero-order chi connectivity index (χ0) is 13.4. The second-order valence-corrected chi connectivity index (χ2v) is 4.28. The molecular formula is C13H20FN3O. The first kappa shape index (κ1) is 14.6. The lowest BCUT2D eigenvalue weighted by Gasteiger charge is -2.12. The van der Waals surface area contributed by atoms with Gasteiger partial charge in [0.2, 0.25) is 11.9 Å². The minimum absolute atomic E-state index is 0.136. The van der Waals surface area contributed by atoms with E-state index in [1.54, 1.807) is 6.07 Å². The third kappa shape index (κ3) is 5.23. The zero-order valence-electron chi connectivity index (χ0n) is 10.7. The minimum Gasteiger partial charge on any atom is -0.330 e. The number of anilines is 1. The van der Waals surface area contributed by atoms with Gasteiger partial charge in [-0.1, -0.05) is 19.4 Å². The number of carbonyl (C=O) groups excluding carboxylic acids is 1. The maximum absolute atomic E-state index is 12.8. The molecule has 1 aromatic rings. The Balaban J connectivity index is 2.37. The molecule has 1 amide bonds. The van der Waals surface area contributed by atoms with Crippen molar-refractivity contribution in [1.82, 2.24) is 4.98 Å². The maximum Gasteiger partial charge on any atom is 0.225 e. The fourth-order valence-corrected chi connectivity index (χ4v) is 1.81. The van der Waals surface area contributed by atoms with Crippen LogP contribution < -0.4 is 11.1 Å². The molecule has 0 fully saturated rings. The molecule has 0 saturated carbocycles. The Morgan fingerprint density at radius 1 is 1.50 bits per heavy atom. The van der Waals surface area contributed by atoms with Crippen LogP contribution >= 0.6 is 0 Å². The smallest absolute Gasteiger partial charge is 0.225 e. The Labute approximate surface area is 107 Å². The van der Waals surface area contributed by atoms with Crippen LogP contribution in [0.1, 0.15) is 32.6 Å². The molecule has 100 valence electrons. The molecule has 0 radical (unpaired) electrons. The van der Waals surface area contributed by atoms with Crippen molar-refractivity contribution < 1.29 is 9.18 Å². The van der Waals surface area contributed by atoms with Gasteiger partial charge in [-0.25, -0.2) is 4.98 Å². The van der Waals surface area contributed by atoms with Gasteiger partial charge in [0.05, 0.1) is 0 Å². The number of rotatable bonds is 7. The molecule has 18 heavy (non-hydrogen) atoms. The van der Waals surface area contributed by atoms with Crippen LogP contribution in [0.15, 0.2) is 18.2 Å². The number of nitrogens with two attached hydrogens (primary N) is 1. The first-order valence-electron chi connectivity index (χ1n) is 6.28. The highest BCUT2D eigenvalue weighted by Gasteiger charge is 2.09. The van der Waals surface area contributed by atoms with Crippen LogP contribution in [0.4, 0.5) is 10.2 Å². The van der Waals surface area contributed by atoms with Crippen LogP contribution in [-0.4, -0.2) is 17.4 Å². The summed E-state index contributed by atoms with van der Waals surface area (Å²) in [5, 5.41) is 2.58. The van der Waals surface area contributed by atoms with Crippen LogP contribution in [-0.2, 0) is 4.79 Å². The SMILES string of the molecule is CCC(CCN)CCC(=O)Nc1cccc(F)n1. The second-order valence-electron chi connectivity index (χ2n) is 4.28. The molecule has 0 spiro atoms. The van der Waals surface area contributed by atoms with E-state index in [0.717, 1.165) is 19.3 Å². The maximum atomic E-state index is 12.8. The van der Waals surface area contributed by atoms with Crippen LogP contribution in [0.25, 0.3) is 0 Å². The van der Waals surface area contributed by atoms with Gasteiger partial charge >= 0.3 is 0 Å². The van der Waals surface area contributed by atoms with Gasteiger partial charge < -0.3 is 11.1 Å². The number of hydrogen-bond acceptors (Lipinski definition) is 3. The standard InChI is InChI=1S/C13H20FN3O/c1-2-10(8-9-15)6-7-13(18)17-12-5-3-4-11(14)16-12/h3-5,10H,2,6-9,15H2,1H3,(H,16,17,18). The monoisotopic (exact) mass is 253 g/mol. The van der Waals surface area contributed by atoms with Crippen molar-refractivity contribution in [1.29, 1.82) is 0 Å². The average molecular weight is 253 g/mol. The minimum atomic E-state index is -0.595. The highest BCUT2D eigenvalue weighted by Crippen LogP contribution is 2.15. The van der Waals surface area contributed by atoms with Crippen molar-refractivity contribution in [3.63, 3.8) is 0 Å². The van der Waals surface area contributed by atoms with Crippen molar-refractivity contribution in [2.75, 3.05) is 11.9 Å². The molecule has 1 rings (SSSR count). The van der Waals surface area contributed by atoms with Crippen molar-refractivity contribution in [2.45, 2.75) is 32.6 Å². The molecule has 0 bridgehead atoms. The van der Waals surface area contributed by atoms with Crippen LogP contribution in [0, 0.1) is 11.9 Å². The van der Waals surface area contributed by atoms with Gasteiger partial charge in [0.1, 0.15) is 5.82 Å².